The van der Waals surface area contributed by atoms with Crippen molar-refractivity contribution in [2.75, 3.05) is 6.54 Å². The van der Waals surface area contributed by atoms with Gasteiger partial charge in [0.1, 0.15) is 5.82 Å². The molecule has 1 nitrogen and oxygen atoms in total. The Bertz CT molecular complexity index is 356. The van der Waals surface area contributed by atoms with Crippen LogP contribution in [0.1, 0.15) is 5.56 Å². The Morgan fingerprint density at radius 3 is 2.31 bits per heavy atom. The first-order valence-electron chi connectivity index (χ1n) is 3.48. The van der Waals surface area contributed by atoms with Crippen molar-refractivity contribution in [3.8, 4) is 11.8 Å². The second-order valence-electron chi connectivity index (χ2n) is 2.25. The van der Waals surface area contributed by atoms with Gasteiger partial charge in [-0.15, -0.1) is 0 Å². The molecule has 0 fully saturated rings. The Morgan fingerprint density at radius 1 is 1.31 bits per heavy atom. The van der Waals surface area contributed by atoms with Crippen LogP contribution in [0.5, 0.6) is 0 Å². The van der Waals surface area contributed by atoms with Crippen molar-refractivity contribution in [3.63, 3.8) is 0 Å². The van der Waals surface area contributed by atoms with E-state index in [1.54, 1.807) is 0 Å². The molecule has 0 heterocycles. The van der Waals surface area contributed by atoms with Gasteiger partial charge in [-0.25, -0.2) is 4.39 Å². The molecule has 0 saturated carbocycles. The first-order valence-corrected chi connectivity index (χ1v) is 5.07. The van der Waals surface area contributed by atoms with Crippen molar-refractivity contribution >= 4 is 31.9 Å². The Morgan fingerprint density at radius 2 is 1.85 bits per heavy atom. The number of halogens is 3. The summed E-state index contributed by atoms with van der Waals surface area (Å²) < 4.78 is 14.0. The zero-order valence-corrected chi connectivity index (χ0v) is 9.75. The highest BCUT2D eigenvalue weighted by Crippen LogP contribution is 2.25. The van der Waals surface area contributed by atoms with E-state index in [1.807, 2.05) is 0 Å². The first-order chi connectivity index (χ1) is 6.15. The highest BCUT2D eigenvalue weighted by Gasteiger charge is 2.04. The average molecular weight is 307 g/mol. The molecule has 1 aromatic carbocycles. The Balaban J connectivity index is 3.21. The largest absolute Gasteiger partial charge is 0.320 e. The maximum absolute atomic E-state index is 12.8. The van der Waals surface area contributed by atoms with Crippen molar-refractivity contribution in [1.29, 1.82) is 0 Å². The Labute approximate surface area is 92.8 Å². The van der Waals surface area contributed by atoms with Crippen LogP contribution in [0.4, 0.5) is 4.39 Å². The topological polar surface area (TPSA) is 26.0 Å². The molecule has 4 heteroatoms. The molecule has 0 atom stereocenters. The van der Waals surface area contributed by atoms with E-state index >= 15 is 0 Å². The number of nitrogens with two attached hydrogens (primary N) is 1. The van der Waals surface area contributed by atoms with Gasteiger partial charge in [-0.3, -0.25) is 0 Å². The maximum Gasteiger partial charge on any atom is 0.125 e. The number of hydrogen-bond donors (Lipinski definition) is 1. The molecule has 0 aromatic heterocycles. The van der Waals surface area contributed by atoms with E-state index in [4.69, 9.17) is 5.73 Å². The zero-order valence-electron chi connectivity index (χ0n) is 6.57. The maximum atomic E-state index is 12.8. The highest BCUT2D eigenvalue weighted by atomic mass is 79.9. The standard InChI is InChI=1S/C9H6Br2FN/c10-8-4-6(12)5-9(11)7(8)2-1-3-13/h4-5H,3,13H2. The second kappa shape index (κ2) is 4.75. The van der Waals surface area contributed by atoms with Crippen LogP contribution in [0.25, 0.3) is 0 Å². The minimum absolute atomic E-state index is 0.288. The van der Waals surface area contributed by atoms with Gasteiger partial charge in [0.05, 0.1) is 12.1 Å². The van der Waals surface area contributed by atoms with Gasteiger partial charge < -0.3 is 5.73 Å². The molecular formula is C9H6Br2FN. The minimum atomic E-state index is -0.308. The lowest BCUT2D eigenvalue weighted by Gasteiger charge is -1.99. The van der Waals surface area contributed by atoms with Gasteiger partial charge in [0, 0.05) is 8.95 Å². The van der Waals surface area contributed by atoms with Crippen LogP contribution in [0.3, 0.4) is 0 Å². The predicted molar refractivity (Wildman–Crippen MR) is 57.7 cm³/mol. The van der Waals surface area contributed by atoms with Gasteiger partial charge in [0.15, 0.2) is 0 Å². The molecular weight excluding hydrogens is 301 g/mol. The normalized spacial score (nSPS) is 9.23. The fourth-order valence-electron chi connectivity index (χ4n) is 0.801. The van der Waals surface area contributed by atoms with Gasteiger partial charge in [-0.1, -0.05) is 11.8 Å². The van der Waals surface area contributed by atoms with Crippen LogP contribution in [0.15, 0.2) is 21.1 Å². The van der Waals surface area contributed by atoms with Crippen molar-refractivity contribution in [2.24, 2.45) is 5.73 Å². The molecule has 0 amide bonds. The summed E-state index contributed by atoms with van der Waals surface area (Å²) in [7, 11) is 0. The molecule has 68 valence electrons. The van der Waals surface area contributed by atoms with Gasteiger partial charge in [-0.2, -0.15) is 0 Å². The van der Waals surface area contributed by atoms with E-state index < -0.39 is 0 Å². The molecule has 2 N–H and O–H groups in total. The number of rotatable bonds is 0. The minimum Gasteiger partial charge on any atom is -0.320 e. The zero-order chi connectivity index (χ0) is 9.84. The van der Waals surface area contributed by atoms with Gasteiger partial charge in [0.2, 0.25) is 0 Å². The molecule has 0 aliphatic heterocycles. The van der Waals surface area contributed by atoms with Crippen molar-refractivity contribution in [2.45, 2.75) is 0 Å². The fraction of sp³-hybridized carbons (Fsp3) is 0.111. The van der Waals surface area contributed by atoms with Crippen LogP contribution in [-0.2, 0) is 0 Å². The van der Waals surface area contributed by atoms with E-state index in [2.05, 4.69) is 43.7 Å². The Kier molecular flexibility index (Phi) is 3.91. The van der Waals surface area contributed by atoms with Crippen molar-refractivity contribution < 1.29 is 4.39 Å². The first kappa shape index (κ1) is 10.7. The molecule has 13 heavy (non-hydrogen) atoms. The lowest BCUT2D eigenvalue weighted by Crippen LogP contribution is -1.93. The summed E-state index contributed by atoms with van der Waals surface area (Å²) in [4.78, 5) is 0. The SMILES string of the molecule is NCC#Cc1c(Br)cc(F)cc1Br. The summed E-state index contributed by atoms with van der Waals surface area (Å²) >= 11 is 6.43. The summed E-state index contributed by atoms with van der Waals surface area (Å²) in [5.74, 6) is 5.23. The molecule has 1 rings (SSSR count). The van der Waals surface area contributed by atoms with Crippen molar-refractivity contribution in [3.05, 3.63) is 32.5 Å². The predicted octanol–water partition coefficient (Wildman–Crippen LogP) is 2.66. The molecule has 0 aliphatic rings. The van der Waals surface area contributed by atoms with Gasteiger partial charge in [0.25, 0.3) is 0 Å². The van der Waals surface area contributed by atoms with Crippen LogP contribution in [-0.4, -0.2) is 6.54 Å². The van der Waals surface area contributed by atoms with Gasteiger partial charge in [-0.05, 0) is 44.0 Å². The van der Waals surface area contributed by atoms with Crippen LogP contribution in [0.2, 0.25) is 0 Å². The summed E-state index contributed by atoms with van der Waals surface area (Å²) in [6.45, 7) is 0.288. The molecule has 0 spiro atoms. The monoisotopic (exact) mass is 305 g/mol. The van der Waals surface area contributed by atoms with Crippen LogP contribution >= 0.6 is 31.9 Å². The molecule has 1 aromatic rings. The van der Waals surface area contributed by atoms with Crippen LogP contribution in [0, 0.1) is 17.7 Å². The third kappa shape index (κ3) is 2.80. The van der Waals surface area contributed by atoms with Crippen LogP contribution < -0.4 is 5.73 Å². The summed E-state index contributed by atoms with van der Waals surface area (Å²) in [6.07, 6.45) is 0. The van der Waals surface area contributed by atoms with E-state index in [0.29, 0.717) is 14.5 Å². The van der Waals surface area contributed by atoms with E-state index in [0.717, 1.165) is 0 Å². The lowest BCUT2D eigenvalue weighted by atomic mass is 10.2. The summed E-state index contributed by atoms with van der Waals surface area (Å²) in [5.41, 5.74) is 5.94. The summed E-state index contributed by atoms with van der Waals surface area (Å²) in [5, 5.41) is 0. The molecule has 0 unspecified atom stereocenters. The average Bonchev–Trinajstić information content (AvgIpc) is 2.02. The summed E-state index contributed by atoms with van der Waals surface area (Å²) in [6, 6.07) is 2.73. The molecule has 0 bridgehead atoms. The number of hydrogen-bond acceptors (Lipinski definition) is 1. The van der Waals surface area contributed by atoms with E-state index in [9.17, 15) is 4.39 Å². The lowest BCUT2D eigenvalue weighted by molar-refractivity contribution is 0.626. The van der Waals surface area contributed by atoms with Crippen molar-refractivity contribution in [1.82, 2.24) is 0 Å². The smallest absolute Gasteiger partial charge is 0.125 e. The second-order valence-corrected chi connectivity index (χ2v) is 3.96. The van der Waals surface area contributed by atoms with Gasteiger partial charge >= 0.3 is 0 Å². The fourth-order valence-corrected chi connectivity index (χ4v) is 2.13. The molecule has 0 radical (unpaired) electrons. The highest BCUT2D eigenvalue weighted by molar-refractivity contribution is 9.11. The van der Waals surface area contributed by atoms with E-state index in [-0.39, 0.29) is 12.4 Å². The molecule has 0 aliphatic carbocycles. The quantitative estimate of drug-likeness (QED) is 0.733. The third-order valence-electron chi connectivity index (χ3n) is 1.32. The molecule has 0 saturated heterocycles. The Hall–Kier alpha value is -0.370. The number of benzene rings is 1. The third-order valence-corrected chi connectivity index (χ3v) is 2.57. The van der Waals surface area contributed by atoms with E-state index in [1.165, 1.54) is 12.1 Å².